The Hall–Kier alpha value is -3.61. The predicted molar refractivity (Wildman–Crippen MR) is 117 cm³/mol. The van der Waals surface area contributed by atoms with Gasteiger partial charge in [0.1, 0.15) is 5.75 Å². The standard InChI is InChI=1S/C23H25N5O2/c1-16-23(17(2)28(26-16)15-18-7-5-4-6-8-18)25-22(29)11-12-27-21-10-9-20(30-3)13-19(21)14-24-27/h4-10,13-14H,11-12,15H2,1-3H3,(H,25,29). The van der Waals surface area contributed by atoms with Crippen molar-refractivity contribution in [3.05, 3.63) is 71.7 Å². The summed E-state index contributed by atoms with van der Waals surface area (Å²) in [5, 5.41) is 13.0. The number of amides is 1. The van der Waals surface area contributed by atoms with Gasteiger partial charge in [0.15, 0.2) is 0 Å². The number of aryl methyl sites for hydroxylation is 2. The van der Waals surface area contributed by atoms with Crippen LogP contribution in [0.1, 0.15) is 23.4 Å². The molecular formula is C23H25N5O2. The molecule has 1 N–H and O–H groups in total. The molecule has 30 heavy (non-hydrogen) atoms. The summed E-state index contributed by atoms with van der Waals surface area (Å²) >= 11 is 0. The van der Waals surface area contributed by atoms with Gasteiger partial charge in [-0.2, -0.15) is 10.2 Å². The van der Waals surface area contributed by atoms with Gasteiger partial charge < -0.3 is 10.1 Å². The highest BCUT2D eigenvalue weighted by Crippen LogP contribution is 2.22. The lowest BCUT2D eigenvalue weighted by atomic mass is 10.2. The number of benzene rings is 2. The van der Waals surface area contributed by atoms with Crippen LogP contribution in [0.4, 0.5) is 5.69 Å². The first-order chi connectivity index (χ1) is 14.5. The number of nitrogens with one attached hydrogen (secondary N) is 1. The molecule has 0 unspecified atom stereocenters. The zero-order valence-electron chi connectivity index (χ0n) is 17.4. The summed E-state index contributed by atoms with van der Waals surface area (Å²) in [6.07, 6.45) is 2.11. The summed E-state index contributed by atoms with van der Waals surface area (Å²) in [4.78, 5) is 12.6. The number of anilines is 1. The summed E-state index contributed by atoms with van der Waals surface area (Å²) in [6, 6.07) is 16.0. The number of rotatable bonds is 7. The molecule has 0 saturated carbocycles. The number of ether oxygens (including phenoxy) is 1. The van der Waals surface area contributed by atoms with E-state index in [9.17, 15) is 4.79 Å². The van der Waals surface area contributed by atoms with Crippen molar-refractivity contribution in [2.24, 2.45) is 0 Å². The molecule has 0 fully saturated rings. The zero-order chi connectivity index (χ0) is 21.1. The second kappa shape index (κ2) is 8.41. The van der Waals surface area contributed by atoms with Crippen LogP contribution in [0.15, 0.2) is 54.7 Å². The van der Waals surface area contributed by atoms with E-state index < -0.39 is 0 Å². The highest BCUT2D eigenvalue weighted by atomic mass is 16.5. The number of hydrogen-bond acceptors (Lipinski definition) is 4. The molecule has 0 atom stereocenters. The van der Waals surface area contributed by atoms with Gasteiger partial charge in [-0.05, 0) is 37.6 Å². The first-order valence-corrected chi connectivity index (χ1v) is 9.92. The van der Waals surface area contributed by atoms with Gasteiger partial charge in [0.2, 0.25) is 5.91 Å². The molecule has 0 radical (unpaired) electrons. The van der Waals surface area contributed by atoms with E-state index in [0.717, 1.165) is 33.7 Å². The first-order valence-electron chi connectivity index (χ1n) is 9.92. The van der Waals surface area contributed by atoms with Gasteiger partial charge in [-0.25, -0.2) is 0 Å². The minimum Gasteiger partial charge on any atom is -0.497 e. The van der Waals surface area contributed by atoms with Crippen molar-refractivity contribution in [1.82, 2.24) is 19.6 Å². The minimum atomic E-state index is -0.0578. The Balaban J connectivity index is 1.42. The lowest BCUT2D eigenvalue weighted by Gasteiger charge is -2.08. The van der Waals surface area contributed by atoms with Crippen LogP contribution in [0.25, 0.3) is 10.9 Å². The zero-order valence-corrected chi connectivity index (χ0v) is 17.4. The Labute approximate surface area is 175 Å². The van der Waals surface area contributed by atoms with Gasteiger partial charge in [0, 0.05) is 11.8 Å². The maximum atomic E-state index is 12.6. The molecule has 154 valence electrons. The average molecular weight is 403 g/mol. The number of methoxy groups -OCH3 is 1. The van der Waals surface area contributed by atoms with Crippen LogP contribution in [0, 0.1) is 13.8 Å². The molecular weight excluding hydrogens is 378 g/mol. The van der Waals surface area contributed by atoms with E-state index in [4.69, 9.17) is 4.74 Å². The Kier molecular flexibility index (Phi) is 5.52. The second-order valence-corrected chi connectivity index (χ2v) is 7.28. The van der Waals surface area contributed by atoms with Crippen molar-refractivity contribution in [3.63, 3.8) is 0 Å². The average Bonchev–Trinajstić information content (AvgIpc) is 3.28. The molecule has 4 rings (SSSR count). The van der Waals surface area contributed by atoms with Crippen molar-refractivity contribution < 1.29 is 9.53 Å². The topological polar surface area (TPSA) is 74.0 Å². The predicted octanol–water partition coefficient (Wildman–Crippen LogP) is 3.94. The number of carbonyl (C=O) groups is 1. The highest BCUT2D eigenvalue weighted by Gasteiger charge is 2.15. The first kappa shape index (κ1) is 19.7. The van der Waals surface area contributed by atoms with E-state index in [1.165, 1.54) is 5.56 Å². The number of aromatic nitrogens is 4. The third-order valence-electron chi connectivity index (χ3n) is 5.22. The van der Waals surface area contributed by atoms with E-state index in [0.29, 0.717) is 19.5 Å². The lowest BCUT2D eigenvalue weighted by molar-refractivity contribution is -0.116. The molecule has 0 aliphatic rings. The highest BCUT2D eigenvalue weighted by molar-refractivity contribution is 5.92. The van der Waals surface area contributed by atoms with Crippen LogP contribution in [-0.2, 0) is 17.9 Å². The fraction of sp³-hybridized carbons (Fsp3) is 0.261. The van der Waals surface area contributed by atoms with Gasteiger partial charge in [-0.3, -0.25) is 14.2 Å². The number of fused-ring (bicyclic) bond motifs is 1. The van der Waals surface area contributed by atoms with E-state index in [2.05, 4.69) is 27.6 Å². The van der Waals surface area contributed by atoms with Crippen LogP contribution in [-0.4, -0.2) is 32.6 Å². The molecule has 0 spiro atoms. The SMILES string of the molecule is COc1ccc2c(cnn2CCC(=O)Nc2c(C)nn(Cc3ccccc3)c2C)c1. The van der Waals surface area contributed by atoms with Gasteiger partial charge in [-0.1, -0.05) is 30.3 Å². The van der Waals surface area contributed by atoms with Crippen molar-refractivity contribution in [2.45, 2.75) is 33.4 Å². The van der Waals surface area contributed by atoms with Gasteiger partial charge in [0.05, 0.1) is 49.0 Å². The fourth-order valence-electron chi connectivity index (χ4n) is 3.57. The third-order valence-corrected chi connectivity index (χ3v) is 5.22. The smallest absolute Gasteiger partial charge is 0.226 e. The molecule has 0 aliphatic heterocycles. The minimum absolute atomic E-state index is 0.0578. The third kappa shape index (κ3) is 4.05. The van der Waals surface area contributed by atoms with Crippen LogP contribution in [0.2, 0.25) is 0 Å². The fourth-order valence-corrected chi connectivity index (χ4v) is 3.57. The van der Waals surface area contributed by atoms with Crippen molar-refractivity contribution in [3.8, 4) is 5.75 Å². The molecule has 2 heterocycles. The van der Waals surface area contributed by atoms with Crippen LogP contribution < -0.4 is 10.1 Å². The molecule has 0 aliphatic carbocycles. The second-order valence-electron chi connectivity index (χ2n) is 7.28. The van der Waals surface area contributed by atoms with E-state index in [-0.39, 0.29) is 5.91 Å². The molecule has 2 aromatic carbocycles. The quantitative estimate of drug-likeness (QED) is 0.507. The Bertz CT molecular complexity index is 1180. The van der Waals surface area contributed by atoms with Gasteiger partial charge >= 0.3 is 0 Å². The van der Waals surface area contributed by atoms with Gasteiger partial charge in [-0.15, -0.1) is 0 Å². The summed E-state index contributed by atoms with van der Waals surface area (Å²) in [5.41, 5.74) is 4.69. The molecule has 4 aromatic rings. The largest absolute Gasteiger partial charge is 0.497 e. The van der Waals surface area contributed by atoms with E-state index >= 15 is 0 Å². The molecule has 0 bridgehead atoms. The summed E-state index contributed by atoms with van der Waals surface area (Å²) in [7, 11) is 1.64. The molecule has 7 heteroatoms. The normalized spacial score (nSPS) is 11.0. The van der Waals surface area contributed by atoms with Crippen molar-refractivity contribution >= 4 is 22.5 Å². The molecule has 1 amide bonds. The Morgan fingerprint density at radius 3 is 2.67 bits per heavy atom. The summed E-state index contributed by atoms with van der Waals surface area (Å²) in [5.74, 6) is 0.732. The van der Waals surface area contributed by atoms with Crippen molar-refractivity contribution in [2.75, 3.05) is 12.4 Å². The Morgan fingerprint density at radius 2 is 1.90 bits per heavy atom. The van der Waals surface area contributed by atoms with Crippen LogP contribution >= 0.6 is 0 Å². The molecule has 2 aromatic heterocycles. The van der Waals surface area contributed by atoms with Gasteiger partial charge in [0.25, 0.3) is 0 Å². The number of carbonyl (C=O) groups excluding carboxylic acids is 1. The van der Waals surface area contributed by atoms with Crippen molar-refractivity contribution in [1.29, 1.82) is 0 Å². The monoisotopic (exact) mass is 403 g/mol. The summed E-state index contributed by atoms with van der Waals surface area (Å²) < 4.78 is 9.01. The van der Waals surface area contributed by atoms with Crippen LogP contribution in [0.5, 0.6) is 5.75 Å². The Morgan fingerprint density at radius 1 is 1.10 bits per heavy atom. The number of nitrogens with zero attached hydrogens (tertiary/aromatic N) is 4. The number of hydrogen-bond donors (Lipinski definition) is 1. The maximum absolute atomic E-state index is 12.6. The molecule has 0 saturated heterocycles. The van der Waals surface area contributed by atoms with E-state index in [1.807, 2.05) is 59.6 Å². The molecule has 7 nitrogen and oxygen atoms in total. The summed E-state index contributed by atoms with van der Waals surface area (Å²) in [6.45, 7) is 5.06. The lowest BCUT2D eigenvalue weighted by Crippen LogP contribution is -2.16. The maximum Gasteiger partial charge on any atom is 0.226 e. The van der Waals surface area contributed by atoms with E-state index in [1.54, 1.807) is 13.3 Å². The van der Waals surface area contributed by atoms with Crippen LogP contribution in [0.3, 0.4) is 0 Å².